The summed E-state index contributed by atoms with van der Waals surface area (Å²) in [5.41, 5.74) is 2.05. The van der Waals surface area contributed by atoms with E-state index in [-0.39, 0.29) is 11.7 Å². The van der Waals surface area contributed by atoms with Gasteiger partial charge < -0.3 is 9.32 Å². The molecule has 0 bridgehead atoms. The fourth-order valence-electron chi connectivity index (χ4n) is 2.13. The maximum Gasteiger partial charge on any atom is 0.241 e. The van der Waals surface area contributed by atoms with Gasteiger partial charge in [-0.1, -0.05) is 31.5 Å². The van der Waals surface area contributed by atoms with Crippen LogP contribution in [0.4, 0.5) is 5.69 Å². The van der Waals surface area contributed by atoms with Crippen LogP contribution in [0, 0.1) is 6.92 Å². The van der Waals surface area contributed by atoms with Crippen LogP contribution in [-0.4, -0.2) is 32.1 Å². The molecule has 0 atom stereocenters. The van der Waals surface area contributed by atoms with Crippen molar-refractivity contribution in [2.24, 2.45) is 0 Å². The second-order valence-corrected chi connectivity index (χ2v) is 8.22. The van der Waals surface area contributed by atoms with Crippen LogP contribution < -0.4 is 4.90 Å². The first-order valence-corrected chi connectivity index (χ1v) is 9.48. The van der Waals surface area contributed by atoms with Crippen LogP contribution in [0.25, 0.3) is 0 Å². The Morgan fingerprint density at radius 2 is 1.88 bits per heavy atom. The molecule has 0 radical (unpaired) electrons. The quantitative estimate of drug-likeness (QED) is 0.800. The third kappa shape index (κ3) is 4.67. The second-order valence-electron chi connectivity index (χ2n) is 6.15. The highest BCUT2D eigenvalue weighted by Crippen LogP contribution is 2.17. The molecular weight excluding hydrogens is 328 g/mol. The maximum atomic E-state index is 12.3. The van der Waals surface area contributed by atoms with E-state index in [0.29, 0.717) is 17.3 Å². The summed E-state index contributed by atoms with van der Waals surface area (Å²) < 4.78 is 29.7. The molecule has 1 aromatic carbocycles. The van der Waals surface area contributed by atoms with Crippen molar-refractivity contribution in [3.63, 3.8) is 0 Å². The molecule has 1 aromatic heterocycles. The van der Waals surface area contributed by atoms with Crippen molar-refractivity contribution in [3.05, 3.63) is 47.7 Å². The number of benzene rings is 1. The zero-order valence-corrected chi connectivity index (χ0v) is 15.1. The molecule has 0 saturated carbocycles. The summed E-state index contributed by atoms with van der Waals surface area (Å²) in [6.45, 7) is 5.76. The Morgan fingerprint density at radius 1 is 1.25 bits per heavy atom. The lowest BCUT2D eigenvalue weighted by Gasteiger charge is -2.17. The van der Waals surface area contributed by atoms with Gasteiger partial charge in [-0.05, 0) is 19.1 Å². The summed E-state index contributed by atoms with van der Waals surface area (Å²) >= 11 is 0. The molecule has 24 heavy (non-hydrogen) atoms. The van der Waals surface area contributed by atoms with Crippen molar-refractivity contribution in [2.75, 3.05) is 17.7 Å². The maximum absolute atomic E-state index is 12.3. The predicted octanol–water partition coefficient (Wildman–Crippen LogP) is 2.68. The van der Waals surface area contributed by atoms with Gasteiger partial charge in [0.05, 0.1) is 11.4 Å². The number of sulfone groups is 1. The number of hydrogen-bond donors (Lipinski definition) is 0. The van der Waals surface area contributed by atoms with Crippen LogP contribution in [0.2, 0.25) is 0 Å². The molecule has 2 rings (SSSR count). The third-order valence-corrected chi connectivity index (χ3v) is 4.99. The number of aromatic nitrogens is 1. The van der Waals surface area contributed by atoms with Crippen LogP contribution in [0.3, 0.4) is 0 Å². The summed E-state index contributed by atoms with van der Waals surface area (Å²) in [5.74, 6) is -0.789. The van der Waals surface area contributed by atoms with Crippen molar-refractivity contribution < 1.29 is 17.6 Å². The Hall–Kier alpha value is -2.15. The molecule has 1 amide bonds. The van der Waals surface area contributed by atoms with Gasteiger partial charge in [-0.2, -0.15) is 0 Å². The number of carbonyl (C=O) groups is 1. The van der Waals surface area contributed by atoms with Gasteiger partial charge in [0, 0.05) is 18.7 Å². The Morgan fingerprint density at radius 3 is 2.42 bits per heavy atom. The van der Waals surface area contributed by atoms with Crippen molar-refractivity contribution in [1.82, 2.24) is 4.98 Å². The molecule has 0 unspecified atom stereocenters. The van der Waals surface area contributed by atoms with Crippen LogP contribution in [0.1, 0.15) is 36.9 Å². The monoisotopic (exact) mass is 350 g/mol. The van der Waals surface area contributed by atoms with E-state index in [1.54, 1.807) is 19.2 Å². The molecule has 0 spiro atoms. The first-order chi connectivity index (χ1) is 11.2. The molecule has 2 aromatic rings. The van der Waals surface area contributed by atoms with E-state index in [4.69, 9.17) is 4.42 Å². The minimum atomic E-state index is -3.62. The fraction of sp³-hybridized carbons (Fsp3) is 0.412. The second kappa shape index (κ2) is 7.17. The van der Waals surface area contributed by atoms with Crippen molar-refractivity contribution in [2.45, 2.75) is 32.4 Å². The first kappa shape index (κ1) is 18.2. The molecule has 7 heteroatoms. The zero-order chi connectivity index (χ0) is 17.9. The molecular formula is C17H22N2O4S. The molecule has 0 aliphatic heterocycles. The summed E-state index contributed by atoms with van der Waals surface area (Å²) in [4.78, 5) is 17.7. The summed E-state index contributed by atoms with van der Waals surface area (Å²) in [7, 11) is -2.06. The van der Waals surface area contributed by atoms with E-state index in [9.17, 15) is 13.2 Å². The number of nitrogens with zero attached hydrogens (tertiary/aromatic N) is 2. The van der Waals surface area contributed by atoms with Crippen LogP contribution in [0.5, 0.6) is 0 Å². The highest BCUT2D eigenvalue weighted by molar-refractivity contribution is 7.91. The number of oxazole rings is 1. The standard InChI is InChI=1S/C17H22N2O4S/c1-12(2)17-18-14(9-23-17)10-24(21,22)11-16(20)19(4)15-7-5-13(3)6-8-15/h5-9,12H,10-11H2,1-4H3. The largest absolute Gasteiger partial charge is 0.448 e. The van der Waals surface area contributed by atoms with Gasteiger partial charge in [0.15, 0.2) is 15.7 Å². The van der Waals surface area contributed by atoms with E-state index in [1.807, 2.05) is 32.9 Å². The topological polar surface area (TPSA) is 80.5 Å². The lowest BCUT2D eigenvalue weighted by molar-refractivity contribution is -0.115. The predicted molar refractivity (Wildman–Crippen MR) is 92.7 cm³/mol. The molecule has 0 fully saturated rings. The molecule has 0 aliphatic carbocycles. The Bertz CT molecular complexity index is 807. The van der Waals surface area contributed by atoms with Crippen LogP contribution in [0.15, 0.2) is 34.9 Å². The zero-order valence-electron chi connectivity index (χ0n) is 14.3. The van der Waals surface area contributed by atoms with Crippen molar-refractivity contribution in [3.8, 4) is 0 Å². The Kier molecular flexibility index (Phi) is 5.43. The van der Waals surface area contributed by atoms with Gasteiger partial charge in [0.2, 0.25) is 5.91 Å². The minimum Gasteiger partial charge on any atom is -0.448 e. The molecule has 130 valence electrons. The number of carbonyl (C=O) groups excluding carboxylic acids is 1. The van der Waals surface area contributed by atoms with Crippen LogP contribution in [-0.2, 0) is 20.4 Å². The Labute approximate surface area is 142 Å². The number of anilines is 1. The summed E-state index contributed by atoms with van der Waals surface area (Å²) in [6.07, 6.45) is 1.33. The fourth-order valence-corrected chi connectivity index (χ4v) is 3.38. The smallest absolute Gasteiger partial charge is 0.241 e. The molecule has 1 heterocycles. The van der Waals surface area contributed by atoms with Gasteiger partial charge >= 0.3 is 0 Å². The number of hydrogen-bond acceptors (Lipinski definition) is 5. The van der Waals surface area contributed by atoms with Crippen molar-refractivity contribution in [1.29, 1.82) is 0 Å². The van der Waals surface area contributed by atoms with E-state index < -0.39 is 21.5 Å². The summed E-state index contributed by atoms with van der Waals surface area (Å²) in [6, 6.07) is 7.31. The van der Waals surface area contributed by atoms with Gasteiger partial charge in [0.25, 0.3) is 0 Å². The third-order valence-electron chi connectivity index (χ3n) is 3.57. The molecule has 0 aliphatic rings. The van der Waals surface area contributed by atoms with Gasteiger partial charge in [-0.15, -0.1) is 0 Å². The highest BCUT2D eigenvalue weighted by Gasteiger charge is 2.23. The molecule has 0 N–H and O–H groups in total. The van der Waals surface area contributed by atoms with E-state index in [0.717, 1.165) is 5.56 Å². The van der Waals surface area contributed by atoms with E-state index in [2.05, 4.69) is 4.98 Å². The van der Waals surface area contributed by atoms with Gasteiger partial charge in [-0.3, -0.25) is 4.79 Å². The SMILES string of the molecule is Cc1ccc(N(C)C(=O)CS(=O)(=O)Cc2coc(C(C)C)n2)cc1. The first-order valence-electron chi connectivity index (χ1n) is 7.66. The normalized spacial score (nSPS) is 11.7. The highest BCUT2D eigenvalue weighted by atomic mass is 32.2. The van der Waals surface area contributed by atoms with E-state index >= 15 is 0 Å². The summed E-state index contributed by atoms with van der Waals surface area (Å²) in [5, 5.41) is 0. The average Bonchev–Trinajstić information content (AvgIpc) is 2.94. The number of rotatable bonds is 6. The number of amides is 1. The lowest BCUT2D eigenvalue weighted by atomic mass is 10.2. The number of aryl methyl sites for hydroxylation is 1. The molecule has 6 nitrogen and oxygen atoms in total. The van der Waals surface area contributed by atoms with Crippen molar-refractivity contribution >= 4 is 21.4 Å². The van der Waals surface area contributed by atoms with Gasteiger partial charge in [0.1, 0.15) is 12.0 Å². The van der Waals surface area contributed by atoms with Crippen LogP contribution >= 0.6 is 0 Å². The van der Waals surface area contributed by atoms with E-state index in [1.165, 1.54) is 11.2 Å². The molecule has 0 saturated heterocycles. The lowest BCUT2D eigenvalue weighted by Crippen LogP contribution is -2.32. The van der Waals surface area contributed by atoms with Gasteiger partial charge in [-0.25, -0.2) is 13.4 Å². The Balaban J connectivity index is 2.04. The average molecular weight is 350 g/mol. The minimum absolute atomic E-state index is 0.0794.